The molecule has 1 N–H and O–H groups in total. The first kappa shape index (κ1) is 19.4. The van der Waals surface area contributed by atoms with Crippen LogP contribution >= 0.6 is 0 Å². The van der Waals surface area contributed by atoms with Crippen molar-refractivity contribution in [2.75, 3.05) is 0 Å². The van der Waals surface area contributed by atoms with Gasteiger partial charge in [-0.1, -0.05) is 17.7 Å². The van der Waals surface area contributed by atoms with Gasteiger partial charge in [0.25, 0.3) is 21.0 Å². The molecular weight excluding hydrogens is 384 g/mol. The molecule has 0 bridgehead atoms. The number of hydrogen-bond donors (Lipinski definition) is 1. The highest BCUT2D eigenvalue weighted by Crippen LogP contribution is 2.20. The molecule has 142 valence electrons. The number of benzene rings is 1. The topological polar surface area (TPSA) is 95.9 Å². The van der Waals surface area contributed by atoms with Gasteiger partial charge in [0, 0.05) is 6.20 Å². The van der Waals surface area contributed by atoms with Crippen LogP contribution in [0.25, 0.3) is 11.2 Å². The Kier molecular flexibility index (Phi) is 5.00. The van der Waals surface area contributed by atoms with Crippen LogP contribution < -0.4 is 4.40 Å². The van der Waals surface area contributed by atoms with E-state index in [0.29, 0.717) is 11.2 Å². The van der Waals surface area contributed by atoms with Crippen molar-refractivity contribution < 1.29 is 17.0 Å². The van der Waals surface area contributed by atoms with Gasteiger partial charge < -0.3 is 0 Å². The number of aryl methyl sites for hydroxylation is 1. The molecule has 9 heteroatoms. The van der Waals surface area contributed by atoms with Gasteiger partial charge in [0.1, 0.15) is 11.2 Å². The number of aromatic nitrogens is 3. The Balaban J connectivity index is 1.98. The summed E-state index contributed by atoms with van der Waals surface area (Å²) in [7, 11) is -5.04. The van der Waals surface area contributed by atoms with E-state index in [1.54, 1.807) is 30.3 Å². The SMILES string of the molecule is Cc1ccc(S(=O)(=O)n2ccc3nc(/C=[NH+]/S(=O)C(C)(C)C)cnc32)cc1. The molecule has 0 spiro atoms. The molecule has 7 nitrogen and oxygen atoms in total. The Hall–Kier alpha value is -2.39. The Morgan fingerprint density at radius 1 is 1.15 bits per heavy atom. The Labute approximate surface area is 160 Å². The van der Waals surface area contributed by atoms with Gasteiger partial charge in [0.2, 0.25) is 6.21 Å². The van der Waals surface area contributed by atoms with Crippen molar-refractivity contribution in [3.8, 4) is 0 Å². The van der Waals surface area contributed by atoms with Gasteiger partial charge in [-0.15, -0.1) is 0 Å². The molecule has 0 aliphatic heterocycles. The summed E-state index contributed by atoms with van der Waals surface area (Å²) in [5, 5.41) is 0. The highest BCUT2D eigenvalue weighted by atomic mass is 32.2. The molecule has 3 aromatic rings. The predicted molar refractivity (Wildman–Crippen MR) is 105 cm³/mol. The highest BCUT2D eigenvalue weighted by molar-refractivity contribution is 7.90. The van der Waals surface area contributed by atoms with E-state index < -0.39 is 25.8 Å². The summed E-state index contributed by atoms with van der Waals surface area (Å²) in [6.45, 7) is 7.46. The highest BCUT2D eigenvalue weighted by Gasteiger charge is 2.24. The third-order valence-electron chi connectivity index (χ3n) is 3.82. The monoisotopic (exact) mass is 405 g/mol. The molecule has 27 heavy (non-hydrogen) atoms. The first-order valence-electron chi connectivity index (χ1n) is 8.27. The maximum atomic E-state index is 12.9. The third kappa shape index (κ3) is 3.98. The summed E-state index contributed by atoms with van der Waals surface area (Å²) < 4.78 is 41.3. The van der Waals surface area contributed by atoms with Crippen LogP contribution in [0.4, 0.5) is 0 Å². The van der Waals surface area contributed by atoms with E-state index in [0.717, 1.165) is 9.54 Å². The summed E-state index contributed by atoms with van der Waals surface area (Å²) in [6.07, 6.45) is 4.39. The Morgan fingerprint density at radius 2 is 1.81 bits per heavy atom. The van der Waals surface area contributed by atoms with E-state index in [1.165, 1.54) is 18.6 Å². The second kappa shape index (κ2) is 6.97. The summed E-state index contributed by atoms with van der Waals surface area (Å²) in [6, 6.07) is 8.22. The van der Waals surface area contributed by atoms with Crippen molar-refractivity contribution in [1.82, 2.24) is 13.9 Å². The smallest absolute Gasteiger partial charge is 0.237 e. The van der Waals surface area contributed by atoms with E-state index in [2.05, 4.69) is 14.4 Å². The summed E-state index contributed by atoms with van der Waals surface area (Å²) in [5.41, 5.74) is 2.12. The fraction of sp³-hybridized carbons (Fsp3) is 0.278. The molecule has 3 rings (SSSR count). The summed E-state index contributed by atoms with van der Waals surface area (Å²) >= 11 is 0. The van der Waals surface area contributed by atoms with Crippen LogP contribution in [0.1, 0.15) is 32.0 Å². The molecule has 1 aromatic carbocycles. The van der Waals surface area contributed by atoms with Crippen molar-refractivity contribution >= 4 is 38.4 Å². The predicted octanol–water partition coefficient (Wildman–Crippen LogP) is 0.938. The largest absolute Gasteiger partial charge is 0.285 e. The molecule has 0 fully saturated rings. The maximum absolute atomic E-state index is 12.9. The lowest BCUT2D eigenvalue weighted by Gasteiger charge is -2.07. The molecule has 2 heterocycles. The second-order valence-electron chi connectivity index (χ2n) is 7.08. The summed E-state index contributed by atoms with van der Waals surface area (Å²) in [4.78, 5) is 8.80. The van der Waals surface area contributed by atoms with Gasteiger partial charge in [-0.3, -0.25) is 0 Å². The van der Waals surface area contributed by atoms with Gasteiger partial charge in [-0.05, 0) is 45.9 Å². The van der Waals surface area contributed by atoms with Gasteiger partial charge in [-0.25, -0.2) is 22.4 Å². The van der Waals surface area contributed by atoms with E-state index in [9.17, 15) is 12.6 Å². The van der Waals surface area contributed by atoms with E-state index in [4.69, 9.17) is 0 Å². The van der Waals surface area contributed by atoms with Crippen LogP contribution in [0, 0.1) is 6.92 Å². The molecule has 1 atom stereocenters. The number of nitrogens with zero attached hydrogens (tertiary/aromatic N) is 3. The lowest BCUT2D eigenvalue weighted by atomic mass is 10.2. The molecule has 0 radical (unpaired) electrons. The first-order valence-corrected chi connectivity index (χ1v) is 10.9. The molecule has 1 unspecified atom stereocenters. The zero-order chi connectivity index (χ0) is 19.8. The minimum Gasteiger partial charge on any atom is -0.237 e. The van der Waals surface area contributed by atoms with Crippen molar-refractivity contribution in [3.63, 3.8) is 0 Å². The van der Waals surface area contributed by atoms with Crippen molar-refractivity contribution in [2.24, 2.45) is 0 Å². The molecule has 0 aliphatic rings. The second-order valence-corrected chi connectivity index (χ2v) is 10.9. The minimum absolute atomic E-state index is 0.185. The van der Waals surface area contributed by atoms with Crippen LogP contribution in [-0.2, 0) is 21.0 Å². The number of fused-ring (bicyclic) bond motifs is 1. The molecule has 0 aliphatic carbocycles. The third-order valence-corrected chi connectivity index (χ3v) is 6.95. The standard InChI is InChI=1S/C18H20N4O3S2/c1-13-5-7-15(8-6-13)27(24,25)22-10-9-16-17(22)19-11-14(21-16)12-20-26(23)18(2,3)4/h5-12H,1-4H3/p+1/b20-12+. The van der Waals surface area contributed by atoms with Crippen LogP contribution in [-0.4, -0.2) is 37.5 Å². The number of hydrogen-bond acceptors (Lipinski definition) is 5. The van der Waals surface area contributed by atoms with Gasteiger partial charge in [-0.2, -0.15) is 8.61 Å². The molecule has 0 saturated heterocycles. The number of nitrogens with one attached hydrogen (secondary N) is 1. The van der Waals surface area contributed by atoms with Crippen molar-refractivity contribution in [1.29, 1.82) is 0 Å². The fourth-order valence-corrected chi connectivity index (χ4v) is 4.16. The van der Waals surface area contributed by atoms with Crippen LogP contribution in [0.3, 0.4) is 0 Å². The number of rotatable bonds is 4. The average Bonchev–Trinajstić information content (AvgIpc) is 3.03. The zero-order valence-corrected chi connectivity index (χ0v) is 17.1. The maximum Gasteiger partial charge on any atom is 0.285 e. The quantitative estimate of drug-likeness (QED) is 0.652. The molecule has 0 saturated carbocycles. The van der Waals surface area contributed by atoms with Crippen LogP contribution in [0.15, 0.2) is 47.6 Å². The molecule has 0 amide bonds. The van der Waals surface area contributed by atoms with Crippen LogP contribution in [0.2, 0.25) is 0 Å². The molecular formula is C18H21N4O3S2+. The fourth-order valence-electron chi connectivity index (χ4n) is 2.28. The van der Waals surface area contributed by atoms with Crippen molar-refractivity contribution in [3.05, 3.63) is 54.0 Å². The average molecular weight is 406 g/mol. The Morgan fingerprint density at radius 3 is 2.44 bits per heavy atom. The molecule has 2 aromatic heterocycles. The first-order chi connectivity index (χ1) is 12.6. The van der Waals surface area contributed by atoms with Gasteiger partial charge in [0.05, 0.1) is 15.8 Å². The van der Waals surface area contributed by atoms with Crippen LogP contribution in [0.5, 0.6) is 0 Å². The van der Waals surface area contributed by atoms with E-state index >= 15 is 0 Å². The van der Waals surface area contributed by atoms with Crippen molar-refractivity contribution in [2.45, 2.75) is 37.3 Å². The minimum atomic E-state index is -3.76. The zero-order valence-electron chi connectivity index (χ0n) is 15.5. The normalized spacial score (nSPS) is 14.1. The lowest BCUT2D eigenvalue weighted by Crippen LogP contribution is -2.74. The van der Waals surface area contributed by atoms with E-state index in [1.807, 2.05) is 27.7 Å². The van der Waals surface area contributed by atoms with E-state index in [-0.39, 0.29) is 10.5 Å². The van der Waals surface area contributed by atoms with Gasteiger partial charge >= 0.3 is 0 Å². The lowest BCUT2D eigenvalue weighted by molar-refractivity contribution is -0.252. The summed E-state index contributed by atoms with van der Waals surface area (Å²) in [5.74, 6) is 0. The Bertz CT molecular complexity index is 1140. The van der Waals surface area contributed by atoms with Gasteiger partial charge in [0.15, 0.2) is 5.65 Å².